The summed E-state index contributed by atoms with van der Waals surface area (Å²) in [6, 6.07) is 31.7. The predicted octanol–water partition coefficient (Wildman–Crippen LogP) is 3.81. The van der Waals surface area contributed by atoms with Crippen LogP contribution >= 0.6 is 7.92 Å². The van der Waals surface area contributed by atoms with E-state index in [0.717, 1.165) is 0 Å². The molecule has 3 aromatic carbocycles. The number of nitrogens with zero attached hydrogens (tertiary/aromatic N) is 1. The molecule has 0 aliphatic heterocycles. The molecular formula is C24H28BNP. The Morgan fingerprint density at radius 2 is 1.07 bits per heavy atom. The lowest BCUT2D eigenvalue weighted by atomic mass is 9.78. The number of benzene rings is 3. The van der Waals surface area contributed by atoms with Gasteiger partial charge in [-0.25, -0.2) is 0 Å². The fourth-order valence-corrected chi connectivity index (χ4v) is 5.86. The zero-order valence-electron chi connectivity index (χ0n) is 16.7. The molecule has 0 aromatic heterocycles. The summed E-state index contributed by atoms with van der Waals surface area (Å²) in [7, 11) is 1.76. The van der Waals surface area contributed by atoms with Crippen molar-refractivity contribution in [2.24, 2.45) is 0 Å². The van der Waals surface area contributed by atoms with E-state index in [-0.39, 0.29) is 0 Å². The third-order valence-corrected chi connectivity index (χ3v) is 7.21. The van der Waals surface area contributed by atoms with E-state index in [1.165, 1.54) is 21.4 Å². The van der Waals surface area contributed by atoms with E-state index in [1.807, 2.05) is 0 Å². The molecule has 0 amide bonds. The van der Waals surface area contributed by atoms with Crippen LogP contribution in [0.15, 0.2) is 84.9 Å². The number of rotatable bonds is 7. The highest BCUT2D eigenvalue weighted by molar-refractivity contribution is 7.80. The summed E-state index contributed by atoms with van der Waals surface area (Å²) >= 11 is 0. The summed E-state index contributed by atoms with van der Waals surface area (Å²) in [5, 5.41) is 4.19. The van der Waals surface area contributed by atoms with Crippen LogP contribution in [0.5, 0.6) is 0 Å². The average Bonchev–Trinajstić information content (AvgIpc) is 2.68. The third kappa shape index (κ3) is 4.89. The number of hydrogen-bond acceptors (Lipinski definition) is 1. The van der Waals surface area contributed by atoms with Gasteiger partial charge >= 0.3 is 0 Å². The fourth-order valence-electron chi connectivity index (χ4n) is 3.44. The first-order valence-corrected chi connectivity index (χ1v) is 11.0. The Bertz CT molecular complexity index is 786. The van der Waals surface area contributed by atoms with Gasteiger partial charge in [-0.15, -0.1) is 0 Å². The van der Waals surface area contributed by atoms with Gasteiger partial charge < -0.3 is 4.81 Å². The molecule has 0 aliphatic rings. The van der Waals surface area contributed by atoms with E-state index in [1.54, 1.807) is 0 Å². The second kappa shape index (κ2) is 9.35. The maximum atomic E-state index is 2.45. The fraction of sp³-hybridized carbons (Fsp3) is 0.250. The SMILES string of the molecule is CC(C)N([B]c1ccccc1P(c1ccccc1)c1ccccc1)C(C)C. The van der Waals surface area contributed by atoms with Gasteiger partial charge in [-0.05, 0) is 35.9 Å². The average molecular weight is 372 g/mol. The molecule has 0 N–H and O–H groups in total. The summed E-state index contributed by atoms with van der Waals surface area (Å²) in [5.41, 5.74) is 1.32. The molecule has 0 bridgehead atoms. The molecule has 0 atom stereocenters. The summed E-state index contributed by atoms with van der Waals surface area (Å²) in [4.78, 5) is 2.45. The van der Waals surface area contributed by atoms with E-state index >= 15 is 0 Å². The Hall–Kier alpha value is -1.89. The smallest absolute Gasteiger partial charge is 0.248 e. The van der Waals surface area contributed by atoms with Crippen LogP contribution in [-0.2, 0) is 0 Å². The quantitative estimate of drug-likeness (QED) is 0.450. The lowest BCUT2D eigenvalue weighted by Crippen LogP contribution is -2.49. The second-order valence-electron chi connectivity index (χ2n) is 7.33. The molecule has 137 valence electrons. The van der Waals surface area contributed by atoms with Crippen molar-refractivity contribution in [2.45, 2.75) is 39.8 Å². The first-order chi connectivity index (χ1) is 13.1. The second-order valence-corrected chi connectivity index (χ2v) is 9.51. The van der Waals surface area contributed by atoms with Crippen LogP contribution in [0.2, 0.25) is 0 Å². The highest BCUT2D eigenvalue weighted by atomic mass is 31.1. The van der Waals surface area contributed by atoms with Gasteiger partial charge in [0.25, 0.3) is 0 Å². The van der Waals surface area contributed by atoms with E-state index < -0.39 is 7.92 Å². The lowest BCUT2D eigenvalue weighted by molar-refractivity contribution is 0.315. The van der Waals surface area contributed by atoms with Gasteiger partial charge in [-0.3, -0.25) is 0 Å². The highest BCUT2D eigenvalue weighted by Crippen LogP contribution is 2.31. The standard InChI is InChI=1S/C24H28BNP/c1-19(2)26(20(3)4)25-23-17-11-12-18-24(23)27(21-13-7-5-8-14-21)22-15-9-6-10-16-22/h5-20H,1-4H3. The molecule has 0 spiro atoms. The Morgan fingerprint density at radius 1 is 0.630 bits per heavy atom. The minimum atomic E-state index is -0.594. The van der Waals surface area contributed by atoms with Crippen molar-refractivity contribution in [2.75, 3.05) is 0 Å². The Kier molecular flexibility index (Phi) is 6.88. The van der Waals surface area contributed by atoms with Gasteiger partial charge in [0, 0.05) is 0 Å². The van der Waals surface area contributed by atoms with Crippen LogP contribution in [0.3, 0.4) is 0 Å². The summed E-state index contributed by atoms with van der Waals surface area (Å²) in [5.74, 6) is 0. The zero-order valence-corrected chi connectivity index (χ0v) is 17.6. The minimum absolute atomic E-state index is 0.470. The summed E-state index contributed by atoms with van der Waals surface area (Å²) in [6.45, 7) is 9.04. The van der Waals surface area contributed by atoms with Crippen LogP contribution in [0.4, 0.5) is 0 Å². The Morgan fingerprint density at radius 3 is 1.56 bits per heavy atom. The van der Waals surface area contributed by atoms with Gasteiger partial charge in [0.2, 0.25) is 7.41 Å². The maximum Gasteiger partial charge on any atom is 0.248 e. The molecule has 0 fully saturated rings. The first kappa shape index (κ1) is 19.9. The molecule has 0 saturated heterocycles. The minimum Gasteiger partial charge on any atom is -0.338 e. The van der Waals surface area contributed by atoms with Crippen LogP contribution in [-0.4, -0.2) is 24.3 Å². The number of hydrogen-bond donors (Lipinski definition) is 0. The molecule has 1 radical (unpaired) electrons. The van der Waals surface area contributed by atoms with Crippen LogP contribution in [0.1, 0.15) is 27.7 Å². The van der Waals surface area contributed by atoms with Gasteiger partial charge in [-0.2, -0.15) is 0 Å². The third-order valence-electron chi connectivity index (χ3n) is 4.69. The normalized spacial score (nSPS) is 11.6. The van der Waals surface area contributed by atoms with Gasteiger partial charge in [0.15, 0.2) is 0 Å². The van der Waals surface area contributed by atoms with Crippen molar-refractivity contribution in [1.82, 2.24) is 4.81 Å². The van der Waals surface area contributed by atoms with Crippen LogP contribution in [0, 0.1) is 0 Å². The molecule has 27 heavy (non-hydrogen) atoms. The van der Waals surface area contributed by atoms with E-state index in [2.05, 4.69) is 125 Å². The Balaban J connectivity index is 2.08. The zero-order chi connectivity index (χ0) is 19.2. The topological polar surface area (TPSA) is 3.24 Å². The van der Waals surface area contributed by atoms with Crippen LogP contribution < -0.4 is 21.4 Å². The monoisotopic (exact) mass is 372 g/mol. The van der Waals surface area contributed by atoms with Crippen molar-refractivity contribution in [3.05, 3.63) is 84.9 Å². The molecule has 3 heteroatoms. The van der Waals surface area contributed by atoms with E-state index in [4.69, 9.17) is 0 Å². The molecule has 0 saturated carbocycles. The summed E-state index contributed by atoms with van der Waals surface area (Å²) < 4.78 is 0. The van der Waals surface area contributed by atoms with E-state index in [9.17, 15) is 0 Å². The van der Waals surface area contributed by atoms with Crippen molar-refractivity contribution >= 4 is 36.7 Å². The first-order valence-electron chi connectivity index (χ1n) is 9.69. The van der Waals surface area contributed by atoms with Crippen LogP contribution in [0.25, 0.3) is 0 Å². The van der Waals surface area contributed by atoms with Gasteiger partial charge in [0.1, 0.15) is 0 Å². The van der Waals surface area contributed by atoms with Crippen molar-refractivity contribution in [3.8, 4) is 0 Å². The van der Waals surface area contributed by atoms with Gasteiger partial charge in [-0.1, -0.05) is 118 Å². The van der Waals surface area contributed by atoms with Crippen molar-refractivity contribution in [1.29, 1.82) is 0 Å². The molecule has 3 aromatic rings. The highest BCUT2D eigenvalue weighted by Gasteiger charge is 2.22. The molecule has 3 rings (SSSR count). The molecule has 0 unspecified atom stereocenters. The molecule has 0 heterocycles. The van der Waals surface area contributed by atoms with Crippen molar-refractivity contribution in [3.63, 3.8) is 0 Å². The van der Waals surface area contributed by atoms with Gasteiger partial charge in [0.05, 0.1) is 0 Å². The largest absolute Gasteiger partial charge is 0.338 e. The predicted molar refractivity (Wildman–Crippen MR) is 123 cm³/mol. The molecule has 1 nitrogen and oxygen atoms in total. The maximum absolute atomic E-state index is 2.45. The molecular weight excluding hydrogens is 344 g/mol. The van der Waals surface area contributed by atoms with E-state index in [0.29, 0.717) is 12.1 Å². The molecule has 0 aliphatic carbocycles. The lowest BCUT2D eigenvalue weighted by Gasteiger charge is -2.32. The van der Waals surface area contributed by atoms with Crippen molar-refractivity contribution < 1.29 is 0 Å². The Labute approximate surface area is 166 Å². The summed E-state index contributed by atoms with van der Waals surface area (Å²) in [6.07, 6.45) is 0.